The Bertz CT molecular complexity index is 466. The summed E-state index contributed by atoms with van der Waals surface area (Å²) in [5.74, 6) is 1.75. The quantitative estimate of drug-likeness (QED) is 0.437. The van der Waals surface area contributed by atoms with Crippen LogP contribution in [-0.2, 0) is 0 Å². The van der Waals surface area contributed by atoms with Crippen molar-refractivity contribution in [3.05, 3.63) is 29.8 Å². The highest BCUT2D eigenvalue weighted by Gasteiger charge is 2.10. The summed E-state index contributed by atoms with van der Waals surface area (Å²) in [5.41, 5.74) is 1.24. The van der Waals surface area contributed by atoms with Crippen LogP contribution in [0, 0.1) is 6.92 Å². The van der Waals surface area contributed by atoms with Crippen LogP contribution in [0.5, 0.6) is 5.75 Å². The molecule has 0 radical (unpaired) electrons. The average Bonchev–Trinajstić information content (AvgIpc) is 3.08. The maximum absolute atomic E-state index is 5.70. The lowest BCUT2D eigenvalue weighted by Crippen LogP contribution is -2.40. The van der Waals surface area contributed by atoms with Gasteiger partial charge in [-0.25, -0.2) is 0 Å². The van der Waals surface area contributed by atoms with Crippen LogP contribution in [0.4, 0.5) is 0 Å². The Morgan fingerprint density at radius 2 is 1.83 bits per heavy atom. The van der Waals surface area contributed by atoms with Crippen molar-refractivity contribution < 1.29 is 4.74 Å². The molecule has 1 saturated heterocycles. The molecule has 0 saturated carbocycles. The molecule has 2 rings (SSSR count). The smallest absolute Gasteiger partial charge is 0.191 e. The van der Waals surface area contributed by atoms with Crippen molar-refractivity contribution in [1.29, 1.82) is 0 Å². The first-order valence-electron chi connectivity index (χ1n) is 8.64. The van der Waals surface area contributed by atoms with Gasteiger partial charge in [-0.3, -0.25) is 4.99 Å². The second-order valence-electron chi connectivity index (χ2n) is 5.99. The fraction of sp³-hybridized carbons (Fsp3) is 0.611. The van der Waals surface area contributed by atoms with Gasteiger partial charge in [-0.05, 0) is 58.0 Å². The first-order chi connectivity index (χ1) is 11.3. The lowest BCUT2D eigenvalue weighted by molar-refractivity contribution is 0.321. The summed E-state index contributed by atoms with van der Waals surface area (Å²) < 4.78 is 5.70. The van der Waals surface area contributed by atoms with Gasteiger partial charge >= 0.3 is 0 Å². The SMILES string of the molecule is CN=C(NCCCN1CCCC1)NCCOc1ccc(C)cc1. The van der Waals surface area contributed by atoms with Crippen molar-refractivity contribution in [3.63, 3.8) is 0 Å². The molecule has 2 N–H and O–H groups in total. The standard InChI is InChI=1S/C18H30N4O/c1-16-6-8-17(9-7-16)23-15-11-21-18(19-2)20-10-5-14-22-12-3-4-13-22/h6-9H,3-5,10-15H2,1-2H3,(H2,19,20,21). The maximum Gasteiger partial charge on any atom is 0.191 e. The van der Waals surface area contributed by atoms with Crippen LogP contribution in [-0.4, -0.2) is 57.2 Å². The van der Waals surface area contributed by atoms with Crippen molar-refractivity contribution in [2.24, 2.45) is 4.99 Å². The molecule has 0 bridgehead atoms. The number of guanidine groups is 1. The minimum Gasteiger partial charge on any atom is -0.492 e. The minimum atomic E-state index is 0.623. The zero-order valence-corrected chi connectivity index (χ0v) is 14.5. The molecule has 0 amide bonds. The largest absolute Gasteiger partial charge is 0.492 e. The number of ether oxygens (including phenoxy) is 1. The second-order valence-corrected chi connectivity index (χ2v) is 5.99. The number of benzene rings is 1. The van der Waals surface area contributed by atoms with Crippen LogP contribution in [0.15, 0.2) is 29.3 Å². The van der Waals surface area contributed by atoms with Crippen LogP contribution >= 0.6 is 0 Å². The first-order valence-corrected chi connectivity index (χ1v) is 8.64. The monoisotopic (exact) mass is 318 g/mol. The summed E-state index contributed by atoms with van der Waals surface area (Å²) >= 11 is 0. The van der Waals surface area contributed by atoms with Crippen LogP contribution in [0.2, 0.25) is 0 Å². The third kappa shape index (κ3) is 6.91. The molecule has 1 aromatic rings. The number of hydrogen-bond donors (Lipinski definition) is 2. The number of nitrogens with one attached hydrogen (secondary N) is 2. The molecule has 5 heteroatoms. The molecule has 1 aromatic carbocycles. The Hall–Kier alpha value is -1.75. The molecule has 1 heterocycles. The van der Waals surface area contributed by atoms with E-state index in [2.05, 4.69) is 39.6 Å². The summed E-state index contributed by atoms with van der Waals surface area (Å²) in [7, 11) is 1.80. The maximum atomic E-state index is 5.70. The zero-order valence-electron chi connectivity index (χ0n) is 14.5. The van der Waals surface area contributed by atoms with E-state index in [1.54, 1.807) is 7.05 Å². The number of aliphatic imine (C=N–C) groups is 1. The van der Waals surface area contributed by atoms with E-state index in [1.165, 1.54) is 38.0 Å². The molecule has 128 valence electrons. The molecule has 23 heavy (non-hydrogen) atoms. The van der Waals surface area contributed by atoms with E-state index in [0.717, 1.165) is 31.2 Å². The summed E-state index contributed by atoms with van der Waals surface area (Å²) in [4.78, 5) is 6.77. The van der Waals surface area contributed by atoms with Gasteiger partial charge in [0, 0.05) is 13.6 Å². The summed E-state index contributed by atoms with van der Waals surface area (Å²) in [6.07, 6.45) is 3.87. The van der Waals surface area contributed by atoms with E-state index in [-0.39, 0.29) is 0 Å². The van der Waals surface area contributed by atoms with Crippen LogP contribution < -0.4 is 15.4 Å². The number of aryl methyl sites for hydroxylation is 1. The third-order valence-corrected chi connectivity index (χ3v) is 4.05. The van der Waals surface area contributed by atoms with Crippen molar-refractivity contribution >= 4 is 5.96 Å². The van der Waals surface area contributed by atoms with Crippen LogP contribution in [0.1, 0.15) is 24.8 Å². The van der Waals surface area contributed by atoms with Gasteiger partial charge < -0.3 is 20.3 Å². The molecule has 0 atom stereocenters. The molecule has 1 fully saturated rings. The predicted octanol–water partition coefficient (Wildman–Crippen LogP) is 2.02. The van der Waals surface area contributed by atoms with Crippen molar-refractivity contribution in [2.45, 2.75) is 26.2 Å². The van der Waals surface area contributed by atoms with Gasteiger partial charge in [0.1, 0.15) is 12.4 Å². The van der Waals surface area contributed by atoms with E-state index in [0.29, 0.717) is 6.61 Å². The summed E-state index contributed by atoms with van der Waals surface area (Å²) in [6, 6.07) is 8.12. The molecule has 1 aliphatic heterocycles. The molecular weight excluding hydrogens is 288 g/mol. The molecule has 0 unspecified atom stereocenters. The molecule has 0 spiro atoms. The van der Waals surface area contributed by atoms with E-state index in [4.69, 9.17) is 4.74 Å². The van der Waals surface area contributed by atoms with Crippen molar-refractivity contribution in [2.75, 3.05) is 46.4 Å². The lowest BCUT2D eigenvalue weighted by atomic mass is 10.2. The molecule has 5 nitrogen and oxygen atoms in total. The van der Waals surface area contributed by atoms with Crippen molar-refractivity contribution in [1.82, 2.24) is 15.5 Å². The van der Waals surface area contributed by atoms with Crippen molar-refractivity contribution in [3.8, 4) is 5.75 Å². The zero-order chi connectivity index (χ0) is 16.3. The van der Waals surface area contributed by atoms with Gasteiger partial charge in [-0.2, -0.15) is 0 Å². The Balaban J connectivity index is 1.53. The van der Waals surface area contributed by atoms with E-state index < -0.39 is 0 Å². The topological polar surface area (TPSA) is 48.9 Å². The molecular formula is C18H30N4O. The Morgan fingerprint density at radius 1 is 1.13 bits per heavy atom. The van der Waals surface area contributed by atoms with E-state index >= 15 is 0 Å². The highest BCUT2D eigenvalue weighted by atomic mass is 16.5. The van der Waals surface area contributed by atoms with Gasteiger partial charge in [-0.15, -0.1) is 0 Å². The highest BCUT2D eigenvalue weighted by molar-refractivity contribution is 5.79. The average molecular weight is 318 g/mol. The van der Waals surface area contributed by atoms with Gasteiger partial charge in [0.15, 0.2) is 5.96 Å². The van der Waals surface area contributed by atoms with Gasteiger partial charge in [0.25, 0.3) is 0 Å². The fourth-order valence-corrected chi connectivity index (χ4v) is 2.71. The third-order valence-electron chi connectivity index (χ3n) is 4.05. The van der Waals surface area contributed by atoms with E-state index in [1.807, 2.05) is 12.1 Å². The Morgan fingerprint density at radius 3 is 2.52 bits per heavy atom. The van der Waals surface area contributed by atoms with Gasteiger partial charge in [-0.1, -0.05) is 17.7 Å². The second kappa shape index (κ2) is 10.1. The predicted molar refractivity (Wildman–Crippen MR) is 96.3 cm³/mol. The van der Waals surface area contributed by atoms with E-state index in [9.17, 15) is 0 Å². The molecule has 0 aromatic heterocycles. The first kappa shape index (κ1) is 17.6. The fourth-order valence-electron chi connectivity index (χ4n) is 2.71. The molecule has 0 aliphatic carbocycles. The van der Waals surface area contributed by atoms with Gasteiger partial charge in [0.2, 0.25) is 0 Å². The Labute approximate surface area is 140 Å². The summed E-state index contributed by atoms with van der Waals surface area (Å²) in [6.45, 7) is 8.10. The number of rotatable bonds is 8. The minimum absolute atomic E-state index is 0.623. The number of likely N-dealkylation sites (tertiary alicyclic amines) is 1. The van der Waals surface area contributed by atoms with Gasteiger partial charge in [0.05, 0.1) is 6.54 Å². The summed E-state index contributed by atoms with van der Waals surface area (Å²) in [5, 5.41) is 6.64. The lowest BCUT2D eigenvalue weighted by Gasteiger charge is -2.16. The normalized spacial score (nSPS) is 15.7. The van der Waals surface area contributed by atoms with Crippen LogP contribution in [0.3, 0.4) is 0 Å². The number of hydrogen-bond acceptors (Lipinski definition) is 3. The van der Waals surface area contributed by atoms with Crippen LogP contribution in [0.25, 0.3) is 0 Å². The highest BCUT2D eigenvalue weighted by Crippen LogP contribution is 2.10. The number of nitrogens with zero attached hydrogens (tertiary/aromatic N) is 2. The Kier molecular flexibility index (Phi) is 7.73. The molecule has 1 aliphatic rings.